The average molecular weight is 230 g/mol. The molecule has 0 fully saturated rings. The lowest BCUT2D eigenvalue weighted by atomic mass is 10.1. The summed E-state index contributed by atoms with van der Waals surface area (Å²) in [6, 6.07) is 9.67. The Morgan fingerprint density at radius 3 is 2.41 bits per heavy atom. The van der Waals surface area contributed by atoms with Crippen molar-refractivity contribution in [1.82, 2.24) is 0 Å². The molecule has 0 aliphatic carbocycles. The monoisotopic (exact) mass is 230 g/mol. The van der Waals surface area contributed by atoms with Crippen LogP contribution in [0.3, 0.4) is 0 Å². The SMILES string of the molecule is Cc1cccc(C(=O)c2ccc(C(=O)O)o2)c1. The van der Waals surface area contributed by atoms with Crippen LogP contribution < -0.4 is 0 Å². The zero-order valence-electron chi connectivity index (χ0n) is 9.14. The number of benzene rings is 1. The highest BCUT2D eigenvalue weighted by Crippen LogP contribution is 2.14. The third-order valence-electron chi connectivity index (χ3n) is 2.32. The van der Waals surface area contributed by atoms with Gasteiger partial charge in [0.2, 0.25) is 11.5 Å². The van der Waals surface area contributed by atoms with Gasteiger partial charge in [0.25, 0.3) is 0 Å². The van der Waals surface area contributed by atoms with E-state index in [2.05, 4.69) is 0 Å². The fraction of sp³-hybridized carbons (Fsp3) is 0.0769. The molecule has 1 heterocycles. The minimum absolute atomic E-state index is 0.0352. The molecule has 0 saturated carbocycles. The first kappa shape index (κ1) is 11.1. The van der Waals surface area contributed by atoms with Crippen LogP contribution in [0.25, 0.3) is 0 Å². The molecule has 0 atom stereocenters. The molecule has 4 nitrogen and oxygen atoms in total. The van der Waals surface area contributed by atoms with Crippen molar-refractivity contribution in [3.05, 3.63) is 59.0 Å². The van der Waals surface area contributed by atoms with Crippen molar-refractivity contribution in [3.8, 4) is 0 Å². The zero-order chi connectivity index (χ0) is 12.4. The Kier molecular flexibility index (Phi) is 2.78. The van der Waals surface area contributed by atoms with E-state index in [4.69, 9.17) is 9.52 Å². The largest absolute Gasteiger partial charge is 0.475 e. The van der Waals surface area contributed by atoms with Gasteiger partial charge in [-0.3, -0.25) is 4.79 Å². The number of aromatic carboxylic acids is 1. The van der Waals surface area contributed by atoms with E-state index in [-0.39, 0.29) is 17.3 Å². The summed E-state index contributed by atoms with van der Waals surface area (Å²) in [7, 11) is 0. The van der Waals surface area contributed by atoms with Crippen LogP contribution in [0.2, 0.25) is 0 Å². The first-order valence-corrected chi connectivity index (χ1v) is 5.02. The summed E-state index contributed by atoms with van der Waals surface area (Å²) in [5.41, 5.74) is 1.44. The van der Waals surface area contributed by atoms with Gasteiger partial charge in [-0.1, -0.05) is 23.8 Å². The predicted molar refractivity (Wildman–Crippen MR) is 60.3 cm³/mol. The number of carboxylic acid groups (broad SMARTS) is 1. The minimum atomic E-state index is -1.19. The van der Waals surface area contributed by atoms with Crippen LogP contribution in [-0.2, 0) is 0 Å². The van der Waals surface area contributed by atoms with Crippen molar-refractivity contribution < 1.29 is 19.1 Å². The van der Waals surface area contributed by atoms with Gasteiger partial charge in [-0.25, -0.2) is 4.79 Å². The van der Waals surface area contributed by atoms with Gasteiger partial charge in [0.1, 0.15) is 0 Å². The van der Waals surface area contributed by atoms with E-state index >= 15 is 0 Å². The van der Waals surface area contributed by atoms with Gasteiger partial charge in [-0.2, -0.15) is 0 Å². The molecular formula is C13H10O4. The summed E-state index contributed by atoms with van der Waals surface area (Å²) < 4.78 is 4.95. The van der Waals surface area contributed by atoms with Crippen molar-refractivity contribution in [1.29, 1.82) is 0 Å². The number of hydrogen-bond donors (Lipinski definition) is 1. The fourth-order valence-corrected chi connectivity index (χ4v) is 1.50. The Labute approximate surface area is 97.5 Å². The summed E-state index contributed by atoms with van der Waals surface area (Å²) in [4.78, 5) is 22.6. The molecule has 0 aliphatic heterocycles. The summed E-state index contributed by atoms with van der Waals surface area (Å²) in [5, 5.41) is 8.69. The predicted octanol–water partition coefficient (Wildman–Crippen LogP) is 2.52. The molecule has 0 saturated heterocycles. The Balaban J connectivity index is 2.34. The molecule has 0 unspecified atom stereocenters. The van der Waals surface area contributed by atoms with Gasteiger partial charge in [0.15, 0.2) is 5.76 Å². The number of rotatable bonds is 3. The fourth-order valence-electron chi connectivity index (χ4n) is 1.50. The smallest absolute Gasteiger partial charge is 0.371 e. The number of ketones is 1. The molecule has 0 bridgehead atoms. The molecule has 17 heavy (non-hydrogen) atoms. The lowest BCUT2D eigenvalue weighted by molar-refractivity contribution is 0.0660. The maximum absolute atomic E-state index is 11.9. The molecule has 0 aliphatic rings. The van der Waals surface area contributed by atoms with Crippen LogP contribution in [0, 0.1) is 6.92 Å². The van der Waals surface area contributed by atoms with Gasteiger partial charge >= 0.3 is 5.97 Å². The van der Waals surface area contributed by atoms with Gasteiger partial charge in [-0.05, 0) is 25.1 Å². The maximum Gasteiger partial charge on any atom is 0.371 e. The maximum atomic E-state index is 11.9. The van der Waals surface area contributed by atoms with E-state index < -0.39 is 5.97 Å². The molecular weight excluding hydrogens is 220 g/mol. The summed E-state index contributed by atoms with van der Waals surface area (Å²) in [5.74, 6) is -1.71. The Morgan fingerprint density at radius 1 is 1.12 bits per heavy atom. The number of hydrogen-bond acceptors (Lipinski definition) is 3. The lowest BCUT2D eigenvalue weighted by Gasteiger charge is -1.98. The molecule has 1 aromatic carbocycles. The van der Waals surface area contributed by atoms with Crippen molar-refractivity contribution in [3.63, 3.8) is 0 Å². The molecule has 2 aromatic rings. The van der Waals surface area contributed by atoms with Crippen LogP contribution in [0.4, 0.5) is 0 Å². The Bertz CT molecular complexity index is 581. The van der Waals surface area contributed by atoms with Crippen LogP contribution in [0.1, 0.15) is 32.2 Å². The molecule has 1 aromatic heterocycles. The second-order valence-corrected chi connectivity index (χ2v) is 3.67. The molecule has 1 N–H and O–H groups in total. The van der Waals surface area contributed by atoms with E-state index in [1.54, 1.807) is 18.2 Å². The quantitative estimate of drug-likeness (QED) is 0.822. The van der Waals surface area contributed by atoms with E-state index in [9.17, 15) is 9.59 Å². The highest BCUT2D eigenvalue weighted by molar-refractivity contribution is 6.07. The van der Waals surface area contributed by atoms with Crippen LogP contribution in [0.5, 0.6) is 0 Å². The number of carbonyl (C=O) groups is 2. The van der Waals surface area contributed by atoms with E-state index in [1.807, 2.05) is 13.0 Å². The van der Waals surface area contributed by atoms with E-state index in [0.29, 0.717) is 5.56 Å². The second-order valence-electron chi connectivity index (χ2n) is 3.67. The summed E-state index contributed by atoms with van der Waals surface area (Å²) in [6.45, 7) is 1.88. The normalized spacial score (nSPS) is 10.2. The number of carboxylic acids is 1. The highest BCUT2D eigenvalue weighted by atomic mass is 16.4. The van der Waals surface area contributed by atoms with Gasteiger partial charge in [0, 0.05) is 5.56 Å². The van der Waals surface area contributed by atoms with Crippen LogP contribution >= 0.6 is 0 Å². The van der Waals surface area contributed by atoms with Crippen LogP contribution in [-0.4, -0.2) is 16.9 Å². The average Bonchev–Trinajstić information content (AvgIpc) is 2.77. The Hall–Kier alpha value is -2.36. The summed E-state index contributed by atoms with van der Waals surface area (Å²) in [6.07, 6.45) is 0. The highest BCUT2D eigenvalue weighted by Gasteiger charge is 2.16. The molecule has 2 rings (SSSR count). The molecule has 86 valence electrons. The number of aryl methyl sites for hydroxylation is 1. The van der Waals surface area contributed by atoms with Crippen molar-refractivity contribution in [2.24, 2.45) is 0 Å². The third-order valence-corrected chi connectivity index (χ3v) is 2.32. The topological polar surface area (TPSA) is 67.5 Å². The lowest BCUT2D eigenvalue weighted by Crippen LogP contribution is -2.00. The van der Waals surface area contributed by atoms with Crippen LogP contribution in [0.15, 0.2) is 40.8 Å². The van der Waals surface area contributed by atoms with Crippen molar-refractivity contribution >= 4 is 11.8 Å². The minimum Gasteiger partial charge on any atom is -0.475 e. The van der Waals surface area contributed by atoms with Crippen molar-refractivity contribution in [2.45, 2.75) is 6.92 Å². The van der Waals surface area contributed by atoms with Crippen molar-refractivity contribution in [2.75, 3.05) is 0 Å². The zero-order valence-corrected chi connectivity index (χ0v) is 9.14. The standard InChI is InChI=1S/C13H10O4/c1-8-3-2-4-9(7-8)12(14)10-5-6-11(17-10)13(15)16/h2-7H,1H3,(H,15,16). The van der Waals surface area contributed by atoms with Gasteiger partial charge in [0.05, 0.1) is 0 Å². The molecule has 0 radical (unpaired) electrons. The Morgan fingerprint density at radius 2 is 1.82 bits per heavy atom. The first-order chi connectivity index (χ1) is 8.08. The molecule has 4 heteroatoms. The molecule has 0 spiro atoms. The second kappa shape index (κ2) is 4.25. The number of furan rings is 1. The summed E-state index contributed by atoms with van der Waals surface area (Å²) >= 11 is 0. The first-order valence-electron chi connectivity index (χ1n) is 5.02. The van der Waals surface area contributed by atoms with E-state index in [1.165, 1.54) is 12.1 Å². The molecule has 0 amide bonds. The van der Waals surface area contributed by atoms with Gasteiger partial charge < -0.3 is 9.52 Å². The third kappa shape index (κ3) is 2.25. The van der Waals surface area contributed by atoms with E-state index in [0.717, 1.165) is 5.56 Å². The van der Waals surface area contributed by atoms with Gasteiger partial charge in [-0.15, -0.1) is 0 Å². The number of carbonyl (C=O) groups excluding carboxylic acids is 1.